The van der Waals surface area contributed by atoms with E-state index in [1.807, 2.05) is 25.1 Å². The zero-order valence-electron chi connectivity index (χ0n) is 11.8. The van der Waals surface area contributed by atoms with Crippen molar-refractivity contribution >= 4 is 17.8 Å². The number of rotatable bonds is 2. The summed E-state index contributed by atoms with van der Waals surface area (Å²) < 4.78 is 0. The second kappa shape index (κ2) is 5.20. The first-order chi connectivity index (χ1) is 10.1. The van der Waals surface area contributed by atoms with Crippen molar-refractivity contribution in [3.8, 4) is 0 Å². The van der Waals surface area contributed by atoms with Crippen molar-refractivity contribution in [2.45, 2.75) is 19.4 Å². The Morgan fingerprint density at radius 2 is 2.14 bits per heavy atom. The maximum absolute atomic E-state index is 12.4. The Morgan fingerprint density at radius 1 is 1.33 bits per heavy atom. The first-order valence-corrected chi connectivity index (χ1v) is 7.02. The van der Waals surface area contributed by atoms with E-state index in [9.17, 15) is 14.4 Å². The number of hydrogen-bond donors (Lipinski definition) is 1. The fourth-order valence-electron chi connectivity index (χ4n) is 2.90. The van der Waals surface area contributed by atoms with Crippen molar-refractivity contribution in [3.05, 3.63) is 35.4 Å². The lowest BCUT2D eigenvalue weighted by molar-refractivity contribution is -0.126. The van der Waals surface area contributed by atoms with Crippen molar-refractivity contribution in [2.24, 2.45) is 0 Å². The Bertz CT molecular complexity index is 598. The van der Waals surface area contributed by atoms with Gasteiger partial charge in [0.15, 0.2) is 0 Å². The van der Waals surface area contributed by atoms with Crippen LogP contribution in [0.2, 0.25) is 0 Å². The highest BCUT2D eigenvalue weighted by atomic mass is 16.2. The summed E-state index contributed by atoms with van der Waals surface area (Å²) in [4.78, 5) is 38.8. The maximum atomic E-state index is 12.4. The zero-order valence-corrected chi connectivity index (χ0v) is 11.8. The molecule has 2 fully saturated rings. The molecule has 1 N–H and O–H groups in total. The minimum Gasteiger partial charge on any atom is -0.336 e. The van der Waals surface area contributed by atoms with E-state index in [1.165, 1.54) is 4.90 Å². The van der Waals surface area contributed by atoms with Gasteiger partial charge in [0, 0.05) is 18.7 Å². The molecule has 4 amide bonds. The number of nitrogens with one attached hydrogen (secondary N) is 1. The van der Waals surface area contributed by atoms with Crippen molar-refractivity contribution < 1.29 is 14.4 Å². The first-order valence-electron chi connectivity index (χ1n) is 7.02. The fraction of sp³-hybridized carbons (Fsp3) is 0.400. The van der Waals surface area contributed by atoms with E-state index in [0.717, 1.165) is 5.56 Å². The van der Waals surface area contributed by atoms with Gasteiger partial charge in [-0.1, -0.05) is 17.7 Å². The summed E-state index contributed by atoms with van der Waals surface area (Å²) in [5.74, 6) is -0.261. The molecule has 0 aliphatic carbocycles. The number of amides is 4. The minimum atomic E-state index is -0.352. The molecule has 0 radical (unpaired) electrons. The molecule has 2 aliphatic heterocycles. The highest BCUT2D eigenvalue weighted by Crippen LogP contribution is 2.20. The second-order valence-electron chi connectivity index (χ2n) is 5.49. The zero-order chi connectivity index (χ0) is 15.0. The summed E-state index contributed by atoms with van der Waals surface area (Å²) in [6, 6.07) is 6.87. The number of hydrogen-bond acceptors (Lipinski definition) is 3. The van der Waals surface area contributed by atoms with Gasteiger partial charge < -0.3 is 10.2 Å². The third-order valence-electron chi connectivity index (χ3n) is 3.96. The Labute approximate surface area is 122 Å². The smallest absolute Gasteiger partial charge is 0.324 e. The molecule has 1 aromatic carbocycles. The van der Waals surface area contributed by atoms with Crippen LogP contribution in [-0.2, 0) is 4.79 Å². The van der Waals surface area contributed by atoms with Crippen molar-refractivity contribution in [3.63, 3.8) is 0 Å². The van der Waals surface area contributed by atoms with Gasteiger partial charge in [-0.2, -0.15) is 0 Å². The quantitative estimate of drug-likeness (QED) is 0.817. The van der Waals surface area contributed by atoms with Crippen LogP contribution in [0.1, 0.15) is 22.3 Å². The number of aryl methyl sites for hydroxylation is 1. The molecule has 6 heteroatoms. The summed E-state index contributed by atoms with van der Waals surface area (Å²) in [6.45, 7) is 2.97. The van der Waals surface area contributed by atoms with E-state index >= 15 is 0 Å². The lowest BCUT2D eigenvalue weighted by Gasteiger charge is -2.21. The molecule has 0 aromatic heterocycles. The van der Waals surface area contributed by atoms with Gasteiger partial charge in [-0.3, -0.25) is 14.5 Å². The molecule has 0 bridgehead atoms. The summed E-state index contributed by atoms with van der Waals surface area (Å²) in [6.07, 6.45) is 0.636. The number of carbonyl (C=O) groups excluding carboxylic acids is 3. The Morgan fingerprint density at radius 3 is 2.81 bits per heavy atom. The fourth-order valence-corrected chi connectivity index (χ4v) is 2.90. The van der Waals surface area contributed by atoms with E-state index in [1.54, 1.807) is 11.0 Å². The summed E-state index contributed by atoms with van der Waals surface area (Å²) in [5, 5.41) is 2.51. The molecule has 0 spiro atoms. The highest BCUT2D eigenvalue weighted by Gasteiger charge is 2.39. The molecular formula is C15H17N3O3. The molecule has 1 atom stereocenters. The van der Waals surface area contributed by atoms with Crippen LogP contribution in [-0.4, -0.2) is 53.3 Å². The third-order valence-corrected chi connectivity index (χ3v) is 3.96. The van der Waals surface area contributed by atoms with E-state index < -0.39 is 0 Å². The third kappa shape index (κ3) is 2.49. The second-order valence-corrected chi connectivity index (χ2v) is 5.49. The molecular weight excluding hydrogens is 270 g/mol. The standard InChI is InChI=1S/C15H17N3O3/c1-10-3-2-4-11(7-10)14(20)17-6-5-12(9-17)18-13(19)8-16-15(18)21/h2-4,7,12H,5-6,8-9H2,1H3,(H,16,21). The molecule has 21 heavy (non-hydrogen) atoms. The van der Waals surface area contributed by atoms with E-state index in [0.29, 0.717) is 25.1 Å². The maximum Gasteiger partial charge on any atom is 0.324 e. The van der Waals surface area contributed by atoms with Gasteiger partial charge in [0.2, 0.25) is 5.91 Å². The van der Waals surface area contributed by atoms with Crippen molar-refractivity contribution in [1.29, 1.82) is 0 Å². The van der Waals surface area contributed by atoms with Gasteiger partial charge in [-0.05, 0) is 25.5 Å². The van der Waals surface area contributed by atoms with Crippen LogP contribution in [0.15, 0.2) is 24.3 Å². The number of imide groups is 1. The minimum absolute atomic E-state index is 0.0479. The Balaban J connectivity index is 1.71. The van der Waals surface area contributed by atoms with Crippen LogP contribution in [0.4, 0.5) is 4.79 Å². The van der Waals surface area contributed by atoms with E-state index in [4.69, 9.17) is 0 Å². The molecule has 3 rings (SSSR count). The van der Waals surface area contributed by atoms with Gasteiger partial charge in [-0.25, -0.2) is 4.79 Å². The van der Waals surface area contributed by atoms with E-state index in [2.05, 4.69) is 5.32 Å². The average Bonchev–Trinajstić information content (AvgIpc) is 3.05. The van der Waals surface area contributed by atoms with Gasteiger partial charge in [0.1, 0.15) is 0 Å². The Kier molecular flexibility index (Phi) is 3.37. The van der Waals surface area contributed by atoms with Crippen molar-refractivity contribution in [2.75, 3.05) is 19.6 Å². The molecule has 110 valence electrons. The molecule has 0 saturated carbocycles. The van der Waals surface area contributed by atoms with Crippen LogP contribution in [0, 0.1) is 6.92 Å². The molecule has 2 heterocycles. The van der Waals surface area contributed by atoms with Crippen LogP contribution in [0.25, 0.3) is 0 Å². The number of carbonyl (C=O) groups is 3. The SMILES string of the molecule is Cc1cccc(C(=O)N2CCC(N3C(=O)CNC3=O)C2)c1. The summed E-state index contributed by atoms with van der Waals surface area (Å²) >= 11 is 0. The van der Waals surface area contributed by atoms with Gasteiger partial charge in [0.05, 0.1) is 12.6 Å². The van der Waals surface area contributed by atoms with Crippen LogP contribution in [0.5, 0.6) is 0 Å². The van der Waals surface area contributed by atoms with Gasteiger partial charge in [-0.15, -0.1) is 0 Å². The largest absolute Gasteiger partial charge is 0.336 e. The molecule has 2 saturated heterocycles. The monoisotopic (exact) mass is 287 g/mol. The topological polar surface area (TPSA) is 69.7 Å². The summed E-state index contributed by atoms with van der Waals surface area (Å²) in [5.41, 5.74) is 1.68. The average molecular weight is 287 g/mol. The summed E-state index contributed by atoms with van der Waals surface area (Å²) in [7, 11) is 0. The van der Waals surface area contributed by atoms with Gasteiger partial charge in [0.25, 0.3) is 5.91 Å². The van der Waals surface area contributed by atoms with E-state index in [-0.39, 0.29) is 30.4 Å². The first kappa shape index (κ1) is 13.6. The number of nitrogens with zero attached hydrogens (tertiary/aromatic N) is 2. The predicted molar refractivity (Wildman–Crippen MR) is 75.7 cm³/mol. The molecule has 2 aliphatic rings. The predicted octanol–water partition coefficient (Wildman–Crippen LogP) is 0.761. The molecule has 1 aromatic rings. The molecule has 1 unspecified atom stereocenters. The lowest BCUT2D eigenvalue weighted by Crippen LogP contribution is -2.42. The van der Waals surface area contributed by atoms with Crippen LogP contribution >= 0.6 is 0 Å². The molecule has 6 nitrogen and oxygen atoms in total. The van der Waals surface area contributed by atoms with Crippen LogP contribution in [0.3, 0.4) is 0 Å². The van der Waals surface area contributed by atoms with Crippen molar-refractivity contribution in [1.82, 2.24) is 15.1 Å². The van der Waals surface area contributed by atoms with Gasteiger partial charge >= 0.3 is 6.03 Å². The highest BCUT2D eigenvalue weighted by molar-refractivity contribution is 6.02. The number of likely N-dealkylation sites (tertiary alicyclic amines) is 1. The number of benzene rings is 1. The van der Waals surface area contributed by atoms with Crippen LogP contribution < -0.4 is 5.32 Å². The lowest BCUT2D eigenvalue weighted by atomic mass is 10.1. The normalized spacial score (nSPS) is 21.9. The Hall–Kier alpha value is -2.37. The number of urea groups is 1.